The summed E-state index contributed by atoms with van der Waals surface area (Å²) in [6, 6.07) is 0. The topological polar surface area (TPSA) is 33.1 Å². The van der Waals surface area contributed by atoms with Gasteiger partial charge in [-0.05, 0) is 102 Å². The highest BCUT2D eigenvalue weighted by Crippen LogP contribution is 2.65. The third-order valence-electron chi connectivity index (χ3n) is 10.3. The maximum atomic E-state index is 10.4. The van der Waals surface area contributed by atoms with Crippen molar-refractivity contribution in [2.45, 2.75) is 130 Å². The van der Waals surface area contributed by atoms with E-state index in [2.05, 4.69) is 40.8 Å². The Kier molecular flexibility index (Phi) is 6.85. The van der Waals surface area contributed by atoms with Gasteiger partial charge in [-0.1, -0.05) is 67.7 Å². The summed E-state index contributed by atoms with van der Waals surface area (Å²) in [7, 11) is 0. The van der Waals surface area contributed by atoms with Crippen LogP contribution in [-0.4, -0.2) is 16.2 Å². The third kappa shape index (κ3) is 3.77. The second-order valence-electron chi connectivity index (χ2n) is 12.5. The smallest absolute Gasteiger partial charge is 0.0543 e. The van der Waals surface area contributed by atoms with Crippen LogP contribution in [0.2, 0.25) is 0 Å². The number of hydrogen-bond acceptors (Lipinski definition) is 2. The first-order valence-corrected chi connectivity index (χ1v) is 13.9. The summed E-state index contributed by atoms with van der Waals surface area (Å²) in [5.41, 5.74) is 7.14. The van der Waals surface area contributed by atoms with Crippen molar-refractivity contribution in [3.05, 3.63) is 28.6 Å². The van der Waals surface area contributed by atoms with Crippen LogP contribution in [0.3, 0.4) is 0 Å². The van der Waals surface area contributed by atoms with Crippen LogP contribution in [0.25, 0.3) is 0 Å². The summed E-state index contributed by atoms with van der Waals surface area (Å²) in [6.45, 7) is 16.4. The van der Waals surface area contributed by atoms with Gasteiger partial charge >= 0.3 is 0 Å². The SMILES string of the molecule is CC.CC(C)CCC[C@@H](C)C1Cc2cnc3c4c2C1(C)CCC4C1(C)CC[C@H](O)C[C@@H]1C3. The maximum absolute atomic E-state index is 10.4. The molecule has 1 saturated carbocycles. The molecule has 180 valence electrons. The maximum Gasteiger partial charge on any atom is 0.0543 e. The average molecular weight is 440 g/mol. The van der Waals surface area contributed by atoms with Crippen molar-refractivity contribution in [1.29, 1.82) is 0 Å². The molecule has 2 nitrogen and oxygen atoms in total. The molecular formula is C30H49NO. The van der Waals surface area contributed by atoms with E-state index in [9.17, 15) is 5.11 Å². The zero-order valence-corrected chi connectivity index (χ0v) is 22.0. The number of pyridine rings is 1. The van der Waals surface area contributed by atoms with Gasteiger partial charge in [0, 0.05) is 11.9 Å². The molecule has 0 bridgehead atoms. The van der Waals surface area contributed by atoms with E-state index in [4.69, 9.17) is 4.98 Å². The van der Waals surface area contributed by atoms with Gasteiger partial charge in [0.1, 0.15) is 0 Å². The van der Waals surface area contributed by atoms with Gasteiger partial charge in [0.2, 0.25) is 0 Å². The first kappa shape index (κ1) is 24.2. The van der Waals surface area contributed by atoms with Crippen molar-refractivity contribution in [2.24, 2.45) is 29.1 Å². The van der Waals surface area contributed by atoms with Gasteiger partial charge in [-0.15, -0.1) is 0 Å². The molecule has 1 fully saturated rings. The molecule has 1 heterocycles. The second kappa shape index (κ2) is 9.05. The summed E-state index contributed by atoms with van der Waals surface area (Å²) in [5.74, 6) is 3.69. The highest BCUT2D eigenvalue weighted by molar-refractivity contribution is 5.52. The normalized spacial score (nSPS) is 37.9. The minimum absolute atomic E-state index is 0.0935. The van der Waals surface area contributed by atoms with Gasteiger partial charge in [-0.2, -0.15) is 0 Å². The Morgan fingerprint density at radius 2 is 1.81 bits per heavy atom. The molecule has 4 unspecified atom stereocenters. The number of nitrogens with zero attached hydrogens (tertiary/aromatic N) is 1. The van der Waals surface area contributed by atoms with Crippen LogP contribution in [0.1, 0.15) is 128 Å². The lowest BCUT2D eigenvalue weighted by Crippen LogP contribution is -2.48. The van der Waals surface area contributed by atoms with E-state index in [0.29, 0.717) is 22.7 Å². The molecule has 1 N–H and O–H groups in total. The van der Waals surface area contributed by atoms with E-state index < -0.39 is 0 Å². The van der Waals surface area contributed by atoms with Gasteiger partial charge in [0.15, 0.2) is 0 Å². The van der Waals surface area contributed by atoms with Crippen LogP contribution in [-0.2, 0) is 18.3 Å². The number of rotatable bonds is 5. The molecule has 0 radical (unpaired) electrons. The number of aliphatic hydroxyl groups is 1. The molecule has 0 aliphatic heterocycles. The lowest BCUT2D eigenvalue weighted by atomic mass is 9.49. The van der Waals surface area contributed by atoms with Crippen molar-refractivity contribution in [1.82, 2.24) is 4.98 Å². The molecule has 0 amide bonds. The molecule has 0 aromatic carbocycles. The molecule has 0 spiro atoms. The van der Waals surface area contributed by atoms with Crippen molar-refractivity contribution < 1.29 is 5.11 Å². The van der Waals surface area contributed by atoms with Gasteiger partial charge < -0.3 is 5.11 Å². The number of aromatic nitrogens is 1. The first-order chi connectivity index (χ1) is 15.2. The summed E-state index contributed by atoms with van der Waals surface area (Å²) in [4.78, 5) is 5.09. The zero-order chi connectivity index (χ0) is 23.3. The molecule has 5 rings (SSSR count). The number of hydrogen-bond donors (Lipinski definition) is 1. The van der Waals surface area contributed by atoms with Crippen LogP contribution in [0.4, 0.5) is 0 Å². The van der Waals surface area contributed by atoms with Crippen molar-refractivity contribution in [3.63, 3.8) is 0 Å². The predicted octanol–water partition coefficient (Wildman–Crippen LogP) is 7.60. The Labute approximate surface area is 198 Å². The summed E-state index contributed by atoms with van der Waals surface area (Å²) in [6.07, 6.45) is 14.5. The predicted molar refractivity (Wildman–Crippen MR) is 135 cm³/mol. The summed E-state index contributed by atoms with van der Waals surface area (Å²) >= 11 is 0. The molecule has 1 aromatic heterocycles. The van der Waals surface area contributed by atoms with E-state index in [1.54, 1.807) is 16.7 Å². The minimum atomic E-state index is -0.0935. The highest BCUT2D eigenvalue weighted by atomic mass is 16.3. The van der Waals surface area contributed by atoms with Crippen LogP contribution in [0.15, 0.2) is 6.20 Å². The second-order valence-corrected chi connectivity index (χ2v) is 12.5. The fourth-order valence-electron chi connectivity index (χ4n) is 8.46. The first-order valence-electron chi connectivity index (χ1n) is 13.9. The molecule has 4 aliphatic rings. The van der Waals surface area contributed by atoms with E-state index in [-0.39, 0.29) is 6.10 Å². The highest BCUT2D eigenvalue weighted by Gasteiger charge is 2.57. The molecule has 7 atom stereocenters. The van der Waals surface area contributed by atoms with Crippen LogP contribution >= 0.6 is 0 Å². The Morgan fingerprint density at radius 3 is 2.53 bits per heavy atom. The van der Waals surface area contributed by atoms with Gasteiger partial charge in [0.25, 0.3) is 0 Å². The van der Waals surface area contributed by atoms with E-state index in [1.165, 1.54) is 50.6 Å². The molecule has 1 aromatic rings. The molecule has 2 heteroatoms. The molecular weight excluding hydrogens is 390 g/mol. The Balaban J connectivity index is 0.00000119. The number of fused-ring (bicyclic) bond motifs is 2. The fourth-order valence-corrected chi connectivity index (χ4v) is 8.46. The standard InChI is InChI=1S/C28H43NO.C2H6/c1-17(2)7-6-8-18(3)23-13-19-16-29-24-15-20-14-21(30)9-11-27(20,4)22-10-12-28(23,5)26(19)25(22)24;1-2/h16-18,20-23,30H,6-15H2,1-5H3;1-2H3/t18-,20-,21+,22?,23?,27?,28?;/m1./s1. The zero-order valence-electron chi connectivity index (χ0n) is 22.0. The lowest BCUT2D eigenvalue weighted by molar-refractivity contribution is -0.0143. The van der Waals surface area contributed by atoms with E-state index >= 15 is 0 Å². The van der Waals surface area contributed by atoms with Gasteiger partial charge in [-0.3, -0.25) is 4.98 Å². The lowest BCUT2D eigenvalue weighted by Gasteiger charge is -2.56. The van der Waals surface area contributed by atoms with Crippen LogP contribution < -0.4 is 0 Å². The third-order valence-corrected chi connectivity index (χ3v) is 10.3. The van der Waals surface area contributed by atoms with Crippen LogP contribution in [0, 0.1) is 29.1 Å². The van der Waals surface area contributed by atoms with Gasteiger partial charge in [0.05, 0.1) is 6.10 Å². The Hall–Kier alpha value is -0.890. The largest absolute Gasteiger partial charge is 0.393 e. The molecule has 32 heavy (non-hydrogen) atoms. The average Bonchev–Trinajstić information content (AvgIpc) is 3.07. The fraction of sp³-hybridized carbons (Fsp3) is 0.833. The number of aliphatic hydroxyl groups excluding tert-OH is 1. The van der Waals surface area contributed by atoms with Crippen molar-refractivity contribution in [3.8, 4) is 0 Å². The monoisotopic (exact) mass is 439 g/mol. The van der Waals surface area contributed by atoms with Crippen LogP contribution in [0.5, 0.6) is 0 Å². The quantitative estimate of drug-likeness (QED) is 0.512. The molecule has 0 saturated heterocycles. The van der Waals surface area contributed by atoms with Gasteiger partial charge in [-0.25, -0.2) is 0 Å². The summed E-state index contributed by atoms with van der Waals surface area (Å²) in [5, 5.41) is 10.4. The van der Waals surface area contributed by atoms with Crippen molar-refractivity contribution >= 4 is 0 Å². The van der Waals surface area contributed by atoms with Crippen molar-refractivity contribution in [2.75, 3.05) is 0 Å². The van der Waals surface area contributed by atoms with E-state index in [0.717, 1.165) is 37.0 Å². The van der Waals surface area contributed by atoms with E-state index in [1.807, 2.05) is 13.8 Å². The minimum Gasteiger partial charge on any atom is -0.393 e. The Morgan fingerprint density at radius 1 is 1.06 bits per heavy atom. The summed E-state index contributed by atoms with van der Waals surface area (Å²) < 4.78 is 0. The molecule has 4 aliphatic carbocycles. The Bertz CT molecular complexity index is 815.